The van der Waals surface area contributed by atoms with E-state index < -0.39 is 23.2 Å². The Labute approximate surface area is 172 Å². The molecule has 5 nitrogen and oxygen atoms in total. The van der Waals surface area contributed by atoms with Crippen LogP contribution in [0.2, 0.25) is 0 Å². The zero-order valence-corrected chi connectivity index (χ0v) is 16.6. The molecule has 2 aromatic heterocycles. The Morgan fingerprint density at radius 2 is 2.00 bits per heavy atom. The molecular formula is C19H13F3N4OS2. The molecule has 0 saturated heterocycles. The Hall–Kier alpha value is -2.90. The third kappa shape index (κ3) is 5.13. The Bertz CT molecular complexity index is 1080. The lowest BCUT2D eigenvalue weighted by Crippen LogP contribution is -2.15. The van der Waals surface area contributed by atoms with Crippen LogP contribution in [0.25, 0.3) is 11.3 Å². The van der Waals surface area contributed by atoms with Crippen molar-refractivity contribution in [2.24, 2.45) is 0 Å². The van der Waals surface area contributed by atoms with E-state index in [2.05, 4.69) is 15.3 Å². The second-order valence-electron chi connectivity index (χ2n) is 5.84. The number of carbonyl (C=O) groups excluding carboxylic acids is 1. The third-order valence-electron chi connectivity index (χ3n) is 3.68. The van der Waals surface area contributed by atoms with E-state index in [1.165, 1.54) is 11.3 Å². The predicted molar refractivity (Wildman–Crippen MR) is 106 cm³/mol. The minimum absolute atomic E-state index is 0.0791. The molecule has 10 heteroatoms. The summed E-state index contributed by atoms with van der Waals surface area (Å²) in [6, 6.07) is 10.8. The Balaban J connectivity index is 1.91. The highest BCUT2D eigenvalue weighted by atomic mass is 32.2. The molecule has 0 fully saturated rings. The van der Waals surface area contributed by atoms with Gasteiger partial charge in [0.15, 0.2) is 5.13 Å². The number of hydrogen-bond acceptors (Lipinski definition) is 6. The van der Waals surface area contributed by atoms with Gasteiger partial charge in [-0.2, -0.15) is 18.4 Å². The van der Waals surface area contributed by atoms with Crippen LogP contribution in [0.5, 0.6) is 0 Å². The van der Waals surface area contributed by atoms with E-state index in [-0.39, 0.29) is 16.5 Å². The van der Waals surface area contributed by atoms with Crippen molar-refractivity contribution in [1.82, 2.24) is 9.97 Å². The first-order valence-corrected chi connectivity index (χ1v) is 10.1. The fourth-order valence-corrected chi connectivity index (χ4v) is 3.92. The molecule has 1 aromatic carbocycles. The molecule has 0 unspecified atom stereocenters. The number of thioether (sulfide) groups is 1. The fraction of sp³-hybridized carbons (Fsp3) is 0.158. The number of nitrogens with zero attached hydrogens (tertiary/aromatic N) is 3. The maximum absolute atomic E-state index is 13.5. The average Bonchev–Trinajstić information content (AvgIpc) is 3.10. The lowest BCUT2D eigenvalue weighted by atomic mass is 10.1. The molecule has 0 bridgehead atoms. The number of pyridine rings is 1. The number of thiazole rings is 1. The van der Waals surface area contributed by atoms with Crippen molar-refractivity contribution in [3.05, 3.63) is 58.6 Å². The second kappa shape index (κ2) is 8.63. The maximum Gasteiger partial charge on any atom is 0.417 e. The number of nitriles is 1. The monoisotopic (exact) mass is 434 g/mol. The number of amides is 1. The molecule has 2 heterocycles. The van der Waals surface area contributed by atoms with Crippen LogP contribution in [0.3, 0.4) is 0 Å². The largest absolute Gasteiger partial charge is 0.417 e. The molecule has 3 rings (SSSR count). The zero-order chi connectivity index (χ0) is 21.0. The summed E-state index contributed by atoms with van der Waals surface area (Å²) >= 11 is 2.02. The van der Waals surface area contributed by atoms with Crippen LogP contribution in [0, 0.1) is 18.3 Å². The molecule has 0 saturated carbocycles. The number of halogens is 3. The predicted octanol–water partition coefficient (Wildman–Crippen LogP) is 5.13. The minimum Gasteiger partial charge on any atom is -0.301 e. The summed E-state index contributed by atoms with van der Waals surface area (Å²) in [7, 11) is 0. The van der Waals surface area contributed by atoms with E-state index in [9.17, 15) is 23.2 Å². The van der Waals surface area contributed by atoms with Gasteiger partial charge in [-0.05, 0) is 13.0 Å². The molecule has 148 valence electrons. The Morgan fingerprint density at radius 1 is 1.28 bits per heavy atom. The molecule has 29 heavy (non-hydrogen) atoms. The summed E-state index contributed by atoms with van der Waals surface area (Å²) in [6.07, 6.45) is -4.73. The third-order valence-corrected chi connectivity index (χ3v) is 5.53. The number of benzene rings is 1. The van der Waals surface area contributed by atoms with Crippen LogP contribution in [-0.2, 0) is 11.0 Å². The Kier molecular flexibility index (Phi) is 6.20. The maximum atomic E-state index is 13.5. The average molecular weight is 434 g/mol. The minimum atomic E-state index is -4.73. The van der Waals surface area contributed by atoms with Crippen molar-refractivity contribution in [2.45, 2.75) is 18.1 Å². The quantitative estimate of drug-likeness (QED) is 0.563. The van der Waals surface area contributed by atoms with Gasteiger partial charge < -0.3 is 5.32 Å². The summed E-state index contributed by atoms with van der Waals surface area (Å²) < 4.78 is 40.6. The van der Waals surface area contributed by atoms with Gasteiger partial charge in [0, 0.05) is 10.9 Å². The molecule has 0 spiro atoms. The van der Waals surface area contributed by atoms with Gasteiger partial charge in [-0.15, -0.1) is 11.3 Å². The number of aryl methyl sites for hydroxylation is 1. The normalized spacial score (nSPS) is 11.1. The van der Waals surface area contributed by atoms with E-state index in [1.54, 1.807) is 48.7 Å². The number of aromatic nitrogens is 2. The smallest absolute Gasteiger partial charge is 0.301 e. The number of hydrogen-bond donors (Lipinski definition) is 1. The van der Waals surface area contributed by atoms with Crippen LogP contribution in [-0.4, -0.2) is 21.6 Å². The Morgan fingerprint density at radius 3 is 2.59 bits per heavy atom. The summed E-state index contributed by atoms with van der Waals surface area (Å²) in [5, 5.41) is 13.9. The second-order valence-corrected chi connectivity index (χ2v) is 7.66. The SMILES string of the molecule is Cc1csc(NC(=O)CSc2nc(-c3ccccc3)cc(C(F)(F)F)c2C#N)n1. The van der Waals surface area contributed by atoms with E-state index in [4.69, 9.17) is 0 Å². The molecule has 1 N–H and O–H groups in total. The molecule has 0 radical (unpaired) electrons. The lowest BCUT2D eigenvalue weighted by Gasteiger charge is -2.14. The number of carbonyl (C=O) groups is 1. The van der Waals surface area contributed by atoms with Crippen LogP contribution in [0.15, 0.2) is 46.8 Å². The van der Waals surface area contributed by atoms with Crippen LogP contribution >= 0.6 is 23.1 Å². The van der Waals surface area contributed by atoms with Gasteiger partial charge in [-0.25, -0.2) is 9.97 Å². The van der Waals surface area contributed by atoms with Crippen molar-refractivity contribution in [2.75, 3.05) is 11.1 Å². The number of anilines is 1. The van der Waals surface area contributed by atoms with Crippen molar-refractivity contribution in [3.63, 3.8) is 0 Å². The van der Waals surface area contributed by atoms with Gasteiger partial charge >= 0.3 is 6.18 Å². The molecule has 0 aliphatic heterocycles. The summed E-state index contributed by atoms with van der Waals surface area (Å²) in [5.74, 6) is -0.663. The molecule has 1 amide bonds. The molecule has 0 atom stereocenters. The first-order chi connectivity index (χ1) is 13.8. The van der Waals surface area contributed by atoms with Crippen molar-refractivity contribution in [1.29, 1.82) is 5.26 Å². The highest BCUT2D eigenvalue weighted by molar-refractivity contribution is 8.00. The lowest BCUT2D eigenvalue weighted by molar-refractivity contribution is -0.138. The molecule has 0 aliphatic rings. The van der Waals surface area contributed by atoms with Crippen molar-refractivity contribution < 1.29 is 18.0 Å². The van der Waals surface area contributed by atoms with Gasteiger partial charge in [0.25, 0.3) is 0 Å². The van der Waals surface area contributed by atoms with Crippen molar-refractivity contribution in [3.8, 4) is 17.3 Å². The van der Waals surface area contributed by atoms with Crippen molar-refractivity contribution >= 4 is 34.1 Å². The van der Waals surface area contributed by atoms with Gasteiger partial charge in [0.05, 0.1) is 28.3 Å². The number of rotatable bonds is 5. The highest BCUT2D eigenvalue weighted by Crippen LogP contribution is 2.37. The van der Waals surface area contributed by atoms with Gasteiger partial charge in [-0.3, -0.25) is 4.79 Å². The first kappa shape index (κ1) is 20.8. The van der Waals surface area contributed by atoms with Gasteiger partial charge in [0.2, 0.25) is 5.91 Å². The summed E-state index contributed by atoms with van der Waals surface area (Å²) in [4.78, 5) is 20.5. The molecule has 0 aliphatic carbocycles. The van der Waals surface area contributed by atoms with E-state index in [0.29, 0.717) is 10.7 Å². The number of nitrogens with one attached hydrogen (secondary N) is 1. The van der Waals surface area contributed by atoms with E-state index >= 15 is 0 Å². The fourth-order valence-electron chi connectivity index (χ4n) is 2.42. The summed E-state index contributed by atoms with van der Waals surface area (Å²) in [5.41, 5.74) is -0.369. The van der Waals surface area contributed by atoms with E-state index in [1.807, 2.05) is 0 Å². The summed E-state index contributed by atoms with van der Waals surface area (Å²) in [6.45, 7) is 1.78. The van der Waals surface area contributed by atoms with Crippen LogP contribution in [0.1, 0.15) is 16.8 Å². The van der Waals surface area contributed by atoms with Gasteiger partial charge in [0.1, 0.15) is 11.1 Å². The van der Waals surface area contributed by atoms with Crippen LogP contribution in [0.4, 0.5) is 18.3 Å². The molecular weight excluding hydrogens is 421 g/mol. The van der Waals surface area contributed by atoms with Gasteiger partial charge in [-0.1, -0.05) is 42.1 Å². The number of alkyl halides is 3. The van der Waals surface area contributed by atoms with E-state index in [0.717, 1.165) is 23.5 Å². The molecule has 3 aromatic rings. The first-order valence-electron chi connectivity index (χ1n) is 8.20. The highest BCUT2D eigenvalue weighted by Gasteiger charge is 2.36. The zero-order valence-electron chi connectivity index (χ0n) is 14.9. The standard InChI is InChI=1S/C19H13F3N4OS2/c1-11-9-29-18(24-11)26-16(27)10-28-17-13(8-23)14(19(20,21)22)7-15(25-17)12-5-3-2-4-6-12/h2-7,9H,10H2,1H3,(H,24,26,27). The van der Waals surface area contributed by atoms with Crippen LogP contribution < -0.4 is 5.32 Å². The topological polar surface area (TPSA) is 78.7 Å².